The number of nitrogens with zero attached hydrogens (tertiary/aromatic N) is 3. The number of carbonyl (C=O) groups is 1. The van der Waals surface area contributed by atoms with Gasteiger partial charge in [-0.1, -0.05) is 54.6 Å². The highest BCUT2D eigenvalue weighted by molar-refractivity contribution is 6.08. The van der Waals surface area contributed by atoms with Crippen molar-refractivity contribution >= 4 is 39.3 Å². The molecule has 0 aliphatic rings. The predicted molar refractivity (Wildman–Crippen MR) is 135 cm³/mol. The summed E-state index contributed by atoms with van der Waals surface area (Å²) in [6.45, 7) is 5.27. The van der Waals surface area contributed by atoms with E-state index in [1.165, 1.54) is 16.3 Å². The molecule has 2 aromatic heterocycles. The molecule has 0 unspecified atom stereocenters. The Morgan fingerprint density at radius 2 is 1.48 bits per heavy atom. The first-order chi connectivity index (χ1) is 16.1. The number of nitrogens with one attached hydrogen (secondary N) is 1. The van der Waals surface area contributed by atoms with Crippen molar-refractivity contribution in [3.05, 3.63) is 102 Å². The van der Waals surface area contributed by atoms with Gasteiger partial charge in [0, 0.05) is 29.6 Å². The van der Waals surface area contributed by atoms with Gasteiger partial charge in [0.05, 0.1) is 16.9 Å². The third-order valence-electron chi connectivity index (χ3n) is 5.89. The SMILES string of the molecule is Cc1cc(C)c2c3ccccc3n(CCNC(=O)N(c3ccccc3)c3ccccc3)c2n1. The fraction of sp³-hybridized carbons (Fsp3) is 0.143. The second kappa shape index (κ2) is 8.79. The van der Waals surface area contributed by atoms with Crippen LogP contribution >= 0.6 is 0 Å². The average Bonchev–Trinajstić information content (AvgIpc) is 3.14. The lowest BCUT2D eigenvalue weighted by Crippen LogP contribution is -2.38. The Labute approximate surface area is 193 Å². The largest absolute Gasteiger partial charge is 0.336 e. The van der Waals surface area contributed by atoms with Gasteiger partial charge in [0.15, 0.2) is 0 Å². The van der Waals surface area contributed by atoms with E-state index < -0.39 is 0 Å². The van der Waals surface area contributed by atoms with Crippen molar-refractivity contribution in [1.82, 2.24) is 14.9 Å². The van der Waals surface area contributed by atoms with E-state index >= 15 is 0 Å². The van der Waals surface area contributed by atoms with E-state index in [-0.39, 0.29) is 6.03 Å². The zero-order chi connectivity index (χ0) is 22.8. The third kappa shape index (κ3) is 3.94. The summed E-state index contributed by atoms with van der Waals surface area (Å²) in [4.78, 5) is 19.8. The van der Waals surface area contributed by atoms with Crippen LogP contribution in [0.2, 0.25) is 0 Å². The maximum absolute atomic E-state index is 13.3. The van der Waals surface area contributed by atoms with E-state index in [0.29, 0.717) is 13.1 Å². The van der Waals surface area contributed by atoms with Crippen LogP contribution in [0.5, 0.6) is 0 Å². The first kappa shape index (κ1) is 20.8. The van der Waals surface area contributed by atoms with Crippen LogP contribution in [0.25, 0.3) is 21.9 Å². The van der Waals surface area contributed by atoms with Crippen molar-refractivity contribution in [2.45, 2.75) is 20.4 Å². The Balaban J connectivity index is 1.43. The number of carbonyl (C=O) groups excluding carboxylic acids is 1. The number of fused-ring (bicyclic) bond motifs is 3. The van der Waals surface area contributed by atoms with Gasteiger partial charge < -0.3 is 9.88 Å². The minimum atomic E-state index is -0.159. The Bertz CT molecular complexity index is 1390. The lowest BCUT2D eigenvalue weighted by Gasteiger charge is -2.23. The Kier molecular flexibility index (Phi) is 5.53. The van der Waals surface area contributed by atoms with Crippen LogP contribution in [-0.4, -0.2) is 22.1 Å². The normalized spacial score (nSPS) is 11.1. The topological polar surface area (TPSA) is 50.2 Å². The average molecular weight is 435 g/mol. The molecule has 5 heteroatoms. The van der Waals surface area contributed by atoms with Gasteiger partial charge in [-0.15, -0.1) is 0 Å². The Morgan fingerprint density at radius 1 is 0.879 bits per heavy atom. The number of urea groups is 1. The highest BCUT2D eigenvalue weighted by Gasteiger charge is 2.18. The first-order valence-corrected chi connectivity index (χ1v) is 11.2. The zero-order valence-electron chi connectivity index (χ0n) is 18.8. The summed E-state index contributed by atoms with van der Waals surface area (Å²) in [6.07, 6.45) is 0. The standard InChI is InChI=1S/C28H26N4O/c1-20-19-21(2)30-27-26(20)24-15-9-10-16-25(24)31(27)18-17-29-28(33)32(22-11-5-3-6-12-22)23-13-7-4-8-14-23/h3-16,19H,17-18H2,1-2H3,(H,29,33). The van der Waals surface area contributed by atoms with Gasteiger partial charge in [-0.25, -0.2) is 9.78 Å². The maximum atomic E-state index is 13.3. The Hall–Kier alpha value is -4.12. The summed E-state index contributed by atoms with van der Waals surface area (Å²) in [6, 6.07) is 29.7. The van der Waals surface area contributed by atoms with Gasteiger partial charge >= 0.3 is 6.03 Å². The highest BCUT2D eigenvalue weighted by atomic mass is 16.2. The van der Waals surface area contributed by atoms with Crippen LogP contribution in [0.4, 0.5) is 16.2 Å². The molecular weight excluding hydrogens is 408 g/mol. The van der Waals surface area contributed by atoms with Gasteiger partial charge in [-0.2, -0.15) is 0 Å². The number of rotatable bonds is 5. The number of aryl methyl sites for hydroxylation is 2. The van der Waals surface area contributed by atoms with Crippen LogP contribution in [-0.2, 0) is 6.54 Å². The highest BCUT2D eigenvalue weighted by Crippen LogP contribution is 2.30. The molecule has 0 spiro atoms. The van der Waals surface area contributed by atoms with Gasteiger partial charge in [0.25, 0.3) is 0 Å². The number of para-hydroxylation sites is 3. The Morgan fingerprint density at radius 3 is 2.15 bits per heavy atom. The van der Waals surface area contributed by atoms with Gasteiger partial charge in [0.1, 0.15) is 5.65 Å². The van der Waals surface area contributed by atoms with Crippen LogP contribution < -0.4 is 10.2 Å². The van der Waals surface area contributed by atoms with Crippen LogP contribution in [0.3, 0.4) is 0 Å². The first-order valence-electron chi connectivity index (χ1n) is 11.2. The molecule has 33 heavy (non-hydrogen) atoms. The smallest absolute Gasteiger partial charge is 0.326 e. The van der Waals surface area contributed by atoms with E-state index in [1.807, 2.05) is 73.7 Å². The maximum Gasteiger partial charge on any atom is 0.326 e. The summed E-state index contributed by atoms with van der Waals surface area (Å²) < 4.78 is 2.21. The van der Waals surface area contributed by atoms with Gasteiger partial charge in [0.2, 0.25) is 0 Å². The lowest BCUT2D eigenvalue weighted by molar-refractivity contribution is 0.248. The van der Waals surface area contributed by atoms with Crippen molar-refractivity contribution in [3.63, 3.8) is 0 Å². The molecule has 2 amide bonds. The summed E-state index contributed by atoms with van der Waals surface area (Å²) in [5, 5.41) is 5.49. The molecule has 164 valence electrons. The molecule has 2 heterocycles. The van der Waals surface area contributed by atoms with Crippen LogP contribution in [0, 0.1) is 13.8 Å². The number of pyridine rings is 1. The minimum absolute atomic E-state index is 0.159. The van der Waals surface area contributed by atoms with Crippen molar-refractivity contribution in [1.29, 1.82) is 0 Å². The van der Waals surface area contributed by atoms with Crippen molar-refractivity contribution in [2.75, 3.05) is 11.4 Å². The monoisotopic (exact) mass is 434 g/mol. The molecule has 0 bridgehead atoms. The number of benzene rings is 3. The predicted octanol–water partition coefficient (Wildman–Crippen LogP) is 6.35. The minimum Gasteiger partial charge on any atom is -0.336 e. The van der Waals surface area contributed by atoms with E-state index in [2.05, 4.69) is 41.1 Å². The number of aromatic nitrogens is 2. The molecular formula is C28H26N4O. The van der Waals surface area contributed by atoms with E-state index in [1.54, 1.807) is 4.90 Å². The molecule has 3 aromatic carbocycles. The number of anilines is 2. The van der Waals surface area contributed by atoms with Crippen LogP contribution in [0.15, 0.2) is 91.0 Å². The molecule has 1 N–H and O–H groups in total. The molecule has 5 aromatic rings. The van der Waals surface area contributed by atoms with Gasteiger partial charge in [-0.3, -0.25) is 4.90 Å². The third-order valence-corrected chi connectivity index (χ3v) is 5.89. The van der Waals surface area contributed by atoms with Crippen molar-refractivity contribution in [2.24, 2.45) is 0 Å². The zero-order valence-corrected chi connectivity index (χ0v) is 18.8. The van der Waals surface area contributed by atoms with E-state index in [4.69, 9.17) is 4.98 Å². The molecule has 0 saturated heterocycles. The fourth-order valence-corrected chi connectivity index (χ4v) is 4.50. The molecule has 0 saturated carbocycles. The van der Waals surface area contributed by atoms with Gasteiger partial charge in [-0.05, 0) is 55.8 Å². The summed E-state index contributed by atoms with van der Waals surface area (Å²) >= 11 is 0. The molecule has 0 aliphatic heterocycles. The molecule has 5 nitrogen and oxygen atoms in total. The van der Waals surface area contributed by atoms with Crippen LogP contribution in [0.1, 0.15) is 11.3 Å². The second-order valence-electron chi connectivity index (χ2n) is 8.19. The summed E-state index contributed by atoms with van der Waals surface area (Å²) in [7, 11) is 0. The number of hydrogen-bond donors (Lipinski definition) is 1. The molecule has 0 aliphatic carbocycles. The quantitative estimate of drug-likeness (QED) is 0.350. The number of amides is 2. The molecule has 5 rings (SSSR count). The van der Waals surface area contributed by atoms with E-state index in [9.17, 15) is 4.79 Å². The molecule has 0 fully saturated rings. The summed E-state index contributed by atoms with van der Waals surface area (Å²) in [5.74, 6) is 0. The number of hydrogen-bond acceptors (Lipinski definition) is 2. The van der Waals surface area contributed by atoms with Crippen molar-refractivity contribution in [3.8, 4) is 0 Å². The molecule has 0 atom stereocenters. The lowest BCUT2D eigenvalue weighted by atomic mass is 10.1. The van der Waals surface area contributed by atoms with Crippen molar-refractivity contribution < 1.29 is 4.79 Å². The fourth-order valence-electron chi connectivity index (χ4n) is 4.50. The summed E-state index contributed by atoms with van der Waals surface area (Å²) in [5.41, 5.74) is 5.96. The van der Waals surface area contributed by atoms with E-state index in [0.717, 1.165) is 28.2 Å². The molecule has 0 radical (unpaired) electrons. The second-order valence-corrected chi connectivity index (χ2v) is 8.19.